The van der Waals surface area contributed by atoms with Crippen molar-refractivity contribution in [3.63, 3.8) is 0 Å². The summed E-state index contributed by atoms with van der Waals surface area (Å²) in [6, 6.07) is 0.113. The van der Waals surface area contributed by atoms with E-state index in [0.29, 0.717) is 13.2 Å². The highest BCUT2D eigenvalue weighted by Crippen LogP contribution is 2.18. The van der Waals surface area contributed by atoms with Gasteiger partial charge in [0.25, 0.3) is 0 Å². The molecule has 0 aromatic carbocycles. The van der Waals surface area contributed by atoms with Crippen molar-refractivity contribution in [2.24, 2.45) is 5.41 Å². The molecule has 96 valence electrons. The first-order chi connectivity index (χ1) is 7.29. The van der Waals surface area contributed by atoms with E-state index in [1.807, 2.05) is 6.92 Å². The summed E-state index contributed by atoms with van der Waals surface area (Å²) in [5.41, 5.74) is 0.154. The van der Waals surface area contributed by atoms with Gasteiger partial charge in [-0.05, 0) is 19.3 Å². The van der Waals surface area contributed by atoms with E-state index in [4.69, 9.17) is 4.74 Å². The molecule has 2 atom stereocenters. The standard InChI is InChI=1S/C12H26N2O2/c1-9(11(15)13-7-8-16-6)14-10(2)12(3,4)5/h9-10,14H,7-8H2,1-6H3,(H,13,15). The van der Waals surface area contributed by atoms with Gasteiger partial charge in [0.15, 0.2) is 0 Å². The van der Waals surface area contributed by atoms with E-state index in [9.17, 15) is 4.79 Å². The molecule has 0 saturated carbocycles. The van der Waals surface area contributed by atoms with Crippen LogP contribution in [0.5, 0.6) is 0 Å². The molecule has 0 saturated heterocycles. The van der Waals surface area contributed by atoms with E-state index in [2.05, 4.69) is 38.3 Å². The Bertz CT molecular complexity index is 212. The van der Waals surface area contributed by atoms with Crippen LogP contribution in [0.2, 0.25) is 0 Å². The van der Waals surface area contributed by atoms with Crippen LogP contribution in [0, 0.1) is 5.41 Å². The van der Waals surface area contributed by atoms with Crippen molar-refractivity contribution in [2.75, 3.05) is 20.3 Å². The molecule has 0 heterocycles. The van der Waals surface area contributed by atoms with E-state index in [0.717, 1.165) is 0 Å². The maximum atomic E-state index is 11.7. The molecule has 0 aliphatic carbocycles. The molecule has 0 fully saturated rings. The first kappa shape index (κ1) is 15.4. The first-order valence-corrected chi connectivity index (χ1v) is 5.81. The van der Waals surface area contributed by atoms with Crippen molar-refractivity contribution < 1.29 is 9.53 Å². The molecule has 4 nitrogen and oxygen atoms in total. The van der Waals surface area contributed by atoms with Gasteiger partial charge in [-0.3, -0.25) is 4.79 Å². The second-order valence-corrected chi connectivity index (χ2v) is 5.26. The topological polar surface area (TPSA) is 50.4 Å². The molecule has 16 heavy (non-hydrogen) atoms. The molecule has 0 aromatic heterocycles. The average Bonchev–Trinajstić information content (AvgIpc) is 2.16. The summed E-state index contributed by atoms with van der Waals surface area (Å²) < 4.78 is 4.87. The third-order valence-electron chi connectivity index (χ3n) is 2.80. The molecule has 0 aliphatic heterocycles. The van der Waals surface area contributed by atoms with E-state index >= 15 is 0 Å². The zero-order valence-corrected chi connectivity index (χ0v) is 11.4. The maximum Gasteiger partial charge on any atom is 0.236 e. The summed E-state index contributed by atoms with van der Waals surface area (Å²) in [7, 11) is 1.62. The van der Waals surface area contributed by atoms with Gasteiger partial charge in [0, 0.05) is 19.7 Å². The number of hydrogen-bond donors (Lipinski definition) is 2. The van der Waals surface area contributed by atoms with Crippen LogP contribution >= 0.6 is 0 Å². The van der Waals surface area contributed by atoms with Crippen LogP contribution in [0.1, 0.15) is 34.6 Å². The normalized spacial score (nSPS) is 15.6. The number of ether oxygens (including phenoxy) is 1. The van der Waals surface area contributed by atoms with Crippen LogP contribution in [0.4, 0.5) is 0 Å². The van der Waals surface area contributed by atoms with Crippen molar-refractivity contribution in [2.45, 2.75) is 46.7 Å². The second-order valence-electron chi connectivity index (χ2n) is 5.26. The SMILES string of the molecule is COCCNC(=O)C(C)NC(C)C(C)(C)C. The summed E-state index contributed by atoms with van der Waals surface area (Å²) in [6.45, 7) is 11.5. The second kappa shape index (κ2) is 6.86. The molecule has 1 amide bonds. The number of methoxy groups -OCH3 is 1. The third kappa shape index (κ3) is 6.08. The molecule has 0 aliphatic rings. The highest BCUT2D eigenvalue weighted by molar-refractivity contribution is 5.81. The Hall–Kier alpha value is -0.610. The minimum absolute atomic E-state index is 0.0214. The molecular weight excluding hydrogens is 204 g/mol. The van der Waals surface area contributed by atoms with Crippen LogP contribution in [0.25, 0.3) is 0 Å². The highest BCUT2D eigenvalue weighted by Gasteiger charge is 2.23. The number of carbonyl (C=O) groups excluding carboxylic acids is 1. The molecule has 0 spiro atoms. The van der Waals surface area contributed by atoms with Crippen LogP contribution < -0.4 is 10.6 Å². The first-order valence-electron chi connectivity index (χ1n) is 5.81. The number of amides is 1. The van der Waals surface area contributed by atoms with E-state index in [-0.39, 0.29) is 23.4 Å². The predicted molar refractivity (Wildman–Crippen MR) is 66.4 cm³/mol. The number of hydrogen-bond acceptors (Lipinski definition) is 3. The molecule has 0 bridgehead atoms. The Morgan fingerprint density at radius 2 is 1.88 bits per heavy atom. The highest BCUT2D eigenvalue weighted by atomic mass is 16.5. The van der Waals surface area contributed by atoms with E-state index in [1.54, 1.807) is 7.11 Å². The minimum atomic E-state index is -0.175. The van der Waals surface area contributed by atoms with Crippen molar-refractivity contribution in [1.29, 1.82) is 0 Å². The molecular formula is C12H26N2O2. The smallest absolute Gasteiger partial charge is 0.236 e. The molecule has 4 heteroatoms. The van der Waals surface area contributed by atoms with Gasteiger partial charge in [-0.15, -0.1) is 0 Å². The van der Waals surface area contributed by atoms with E-state index in [1.165, 1.54) is 0 Å². The van der Waals surface area contributed by atoms with Crippen molar-refractivity contribution in [3.05, 3.63) is 0 Å². The molecule has 2 N–H and O–H groups in total. The van der Waals surface area contributed by atoms with Gasteiger partial charge in [0.1, 0.15) is 0 Å². The van der Waals surface area contributed by atoms with Gasteiger partial charge in [-0.1, -0.05) is 20.8 Å². The number of rotatable bonds is 6. The maximum absolute atomic E-state index is 11.7. The lowest BCUT2D eigenvalue weighted by molar-refractivity contribution is -0.123. The van der Waals surface area contributed by atoms with Crippen molar-refractivity contribution in [1.82, 2.24) is 10.6 Å². The van der Waals surface area contributed by atoms with Gasteiger partial charge < -0.3 is 15.4 Å². The van der Waals surface area contributed by atoms with Crippen molar-refractivity contribution >= 4 is 5.91 Å². The van der Waals surface area contributed by atoms with Crippen LogP contribution in [0.15, 0.2) is 0 Å². The predicted octanol–water partition coefficient (Wildman–Crippen LogP) is 1.16. The number of carbonyl (C=O) groups is 1. The zero-order chi connectivity index (χ0) is 12.8. The molecule has 0 aromatic rings. The van der Waals surface area contributed by atoms with Gasteiger partial charge in [0.2, 0.25) is 5.91 Å². The molecule has 0 radical (unpaired) electrons. The Morgan fingerprint density at radius 3 is 2.31 bits per heavy atom. The lowest BCUT2D eigenvalue weighted by atomic mass is 9.87. The largest absolute Gasteiger partial charge is 0.383 e. The fourth-order valence-corrected chi connectivity index (χ4v) is 1.13. The minimum Gasteiger partial charge on any atom is -0.383 e. The zero-order valence-electron chi connectivity index (χ0n) is 11.4. The summed E-state index contributed by atoms with van der Waals surface area (Å²) in [5.74, 6) is 0.0214. The summed E-state index contributed by atoms with van der Waals surface area (Å²) in [4.78, 5) is 11.7. The Kier molecular flexibility index (Phi) is 6.60. The van der Waals surface area contributed by atoms with E-state index < -0.39 is 0 Å². The van der Waals surface area contributed by atoms with Crippen molar-refractivity contribution in [3.8, 4) is 0 Å². The van der Waals surface area contributed by atoms with Gasteiger partial charge in [-0.2, -0.15) is 0 Å². The third-order valence-corrected chi connectivity index (χ3v) is 2.80. The molecule has 0 rings (SSSR count). The van der Waals surface area contributed by atoms with Crippen LogP contribution in [-0.2, 0) is 9.53 Å². The Labute approximate surface area is 99.1 Å². The number of nitrogens with one attached hydrogen (secondary N) is 2. The van der Waals surface area contributed by atoms with Crippen LogP contribution in [-0.4, -0.2) is 38.3 Å². The quantitative estimate of drug-likeness (QED) is 0.673. The summed E-state index contributed by atoms with van der Waals surface area (Å²) >= 11 is 0. The van der Waals surface area contributed by atoms with Crippen LogP contribution in [0.3, 0.4) is 0 Å². The van der Waals surface area contributed by atoms with Gasteiger partial charge in [0.05, 0.1) is 12.6 Å². The fourth-order valence-electron chi connectivity index (χ4n) is 1.13. The summed E-state index contributed by atoms with van der Waals surface area (Å²) in [5, 5.41) is 6.11. The lowest BCUT2D eigenvalue weighted by Crippen LogP contribution is -2.50. The average molecular weight is 230 g/mol. The van der Waals surface area contributed by atoms with Gasteiger partial charge >= 0.3 is 0 Å². The van der Waals surface area contributed by atoms with Gasteiger partial charge in [-0.25, -0.2) is 0 Å². The summed E-state index contributed by atoms with van der Waals surface area (Å²) in [6.07, 6.45) is 0. The Morgan fingerprint density at radius 1 is 1.31 bits per heavy atom. The lowest BCUT2D eigenvalue weighted by Gasteiger charge is -2.30. The Balaban J connectivity index is 3.96. The monoisotopic (exact) mass is 230 g/mol. The fraction of sp³-hybridized carbons (Fsp3) is 0.917. The molecule has 2 unspecified atom stereocenters.